The minimum absolute atomic E-state index is 0.0979. The number of H-pyrrole nitrogens is 1. The Morgan fingerprint density at radius 3 is 2.88 bits per heavy atom. The number of benzene rings is 1. The lowest BCUT2D eigenvalue weighted by Gasteiger charge is -2.17. The molecule has 2 N–H and O–H groups in total. The summed E-state index contributed by atoms with van der Waals surface area (Å²) in [6.07, 6.45) is 1.77. The number of nitrogens with one attached hydrogen (secondary N) is 2. The van der Waals surface area contributed by atoms with Crippen molar-refractivity contribution in [2.24, 2.45) is 0 Å². The van der Waals surface area contributed by atoms with Crippen molar-refractivity contribution in [3.05, 3.63) is 42.1 Å². The number of hydrogen-bond acceptors (Lipinski definition) is 4. The summed E-state index contributed by atoms with van der Waals surface area (Å²) < 4.78 is 4.94. The number of aryl methyl sites for hydroxylation is 1. The summed E-state index contributed by atoms with van der Waals surface area (Å²) in [5.41, 5.74) is 3.15. The van der Waals surface area contributed by atoms with Crippen molar-refractivity contribution in [1.82, 2.24) is 20.4 Å². The predicted octanol–water partition coefficient (Wildman–Crippen LogP) is 1.70. The molecular formula is C18H26N4O2. The van der Waals surface area contributed by atoms with Gasteiger partial charge in [-0.1, -0.05) is 30.3 Å². The van der Waals surface area contributed by atoms with Crippen LogP contribution in [-0.2, 0) is 16.0 Å². The molecule has 0 saturated carbocycles. The van der Waals surface area contributed by atoms with Crippen LogP contribution < -0.4 is 5.32 Å². The molecule has 0 unspecified atom stereocenters. The van der Waals surface area contributed by atoms with Gasteiger partial charge in [-0.25, -0.2) is 0 Å². The van der Waals surface area contributed by atoms with Crippen molar-refractivity contribution < 1.29 is 9.53 Å². The largest absolute Gasteiger partial charge is 0.383 e. The summed E-state index contributed by atoms with van der Waals surface area (Å²) in [6.45, 7) is 2.37. The molecule has 24 heavy (non-hydrogen) atoms. The molecule has 0 saturated heterocycles. The van der Waals surface area contributed by atoms with Crippen LogP contribution in [0.4, 0.5) is 0 Å². The number of carbonyl (C=O) groups excluding carboxylic acids is 1. The molecular weight excluding hydrogens is 304 g/mol. The summed E-state index contributed by atoms with van der Waals surface area (Å²) in [4.78, 5) is 13.7. The number of likely N-dealkylation sites (N-methyl/N-ethyl adjacent to an activating group) is 1. The summed E-state index contributed by atoms with van der Waals surface area (Å²) in [7, 11) is 3.48. The molecule has 0 bridgehead atoms. The predicted molar refractivity (Wildman–Crippen MR) is 94.7 cm³/mol. The van der Waals surface area contributed by atoms with Gasteiger partial charge < -0.3 is 15.0 Å². The van der Waals surface area contributed by atoms with Crippen molar-refractivity contribution in [3.8, 4) is 11.3 Å². The lowest BCUT2D eigenvalue weighted by molar-refractivity contribution is -0.129. The smallest absolute Gasteiger partial charge is 0.236 e. The first kappa shape index (κ1) is 18.2. The molecule has 0 radical (unpaired) electrons. The first-order valence-electron chi connectivity index (χ1n) is 8.24. The highest BCUT2D eigenvalue weighted by Gasteiger charge is 2.08. The molecule has 0 atom stereocenters. The molecule has 2 aromatic rings. The van der Waals surface area contributed by atoms with Crippen LogP contribution in [0.15, 0.2) is 36.4 Å². The van der Waals surface area contributed by atoms with Crippen LogP contribution in [0.2, 0.25) is 0 Å². The Labute approximate surface area is 143 Å². The molecule has 0 spiro atoms. The molecule has 0 aliphatic carbocycles. The molecule has 1 amide bonds. The Morgan fingerprint density at radius 1 is 1.33 bits per heavy atom. The number of hydrogen-bond donors (Lipinski definition) is 2. The fourth-order valence-electron chi connectivity index (χ4n) is 2.38. The fraction of sp³-hybridized carbons (Fsp3) is 0.444. The number of nitrogens with zero attached hydrogens (tertiary/aromatic N) is 2. The molecule has 0 aliphatic heterocycles. The van der Waals surface area contributed by atoms with Gasteiger partial charge in [0.15, 0.2) is 0 Å². The van der Waals surface area contributed by atoms with Crippen molar-refractivity contribution in [1.29, 1.82) is 0 Å². The monoisotopic (exact) mass is 330 g/mol. The van der Waals surface area contributed by atoms with E-state index < -0.39 is 0 Å². The van der Waals surface area contributed by atoms with Crippen LogP contribution >= 0.6 is 0 Å². The van der Waals surface area contributed by atoms with E-state index >= 15 is 0 Å². The van der Waals surface area contributed by atoms with Crippen LogP contribution in [0.3, 0.4) is 0 Å². The number of rotatable bonds is 10. The molecule has 2 rings (SSSR count). The van der Waals surface area contributed by atoms with Crippen LogP contribution in [0.5, 0.6) is 0 Å². The van der Waals surface area contributed by atoms with Crippen LogP contribution in [-0.4, -0.2) is 61.4 Å². The molecule has 0 fully saturated rings. The average Bonchev–Trinajstić information content (AvgIpc) is 3.08. The third-order valence-corrected chi connectivity index (χ3v) is 3.83. The maximum atomic E-state index is 11.9. The average molecular weight is 330 g/mol. The zero-order valence-electron chi connectivity index (χ0n) is 14.4. The van der Waals surface area contributed by atoms with Gasteiger partial charge in [0.25, 0.3) is 0 Å². The van der Waals surface area contributed by atoms with Gasteiger partial charge in [-0.3, -0.25) is 9.89 Å². The van der Waals surface area contributed by atoms with Gasteiger partial charge in [0, 0.05) is 38.5 Å². The number of ether oxygens (including phenoxy) is 1. The minimum atomic E-state index is 0.0979. The van der Waals surface area contributed by atoms with E-state index in [0.29, 0.717) is 19.7 Å². The quantitative estimate of drug-likeness (QED) is 0.651. The molecule has 6 heteroatoms. The van der Waals surface area contributed by atoms with E-state index in [0.717, 1.165) is 36.3 Å². The Hall–Kier alpha value is -2.18. The molecule has 130 valence electrons. The van der Waals surface area contributed by atoms with Crippen molar-refractivity contribution in [3.63, 3.8) is 0 Å². The second kappa shape index (κ2) is 9.85. The van der Waals surface area contributed by atoms with Gasteiger partial charge in [0.1, 0.15) is 0 Å². The summed E-state index contributed by atoms with van der Waals surface area (Å²) in [6, 6.07) is 12.2. The van der Waals surface area contributed by atoms with Crippen molar-refractivity contribution >= 4 is 5.91 Å². The second-order valence-corrected chi connectivity index (χ2v) is 5.73. The van der Waals surface area contributed by atoms with Crippen molar-refractivity contribution in [2.75, 3.05) is 40.4 Å². The molecule has 6 nitrogen and oxygen atoms in total. The fourth-order valence-corrected chi connectivity index (χ4v) is 2.38. The van der Waals surface area contributed by atoms with Gasteiger partial charge in [-0.2, -0.15) is 5.10 Å². The standard InChI is InChI=1S/C18H26N4O2/c1-22(18(23)14-19-10-12-24-2)11-6-9-16-13-17(21-20-16)15-7-4-3-5-8-15/h3-5,7-8,13,19H,6,9-12,14H2,1-2H3,(H,20,21). The zero-order chi connectivity index (χ0) is 17.2. The summed E-state index contributed by atoms with van der Waals surface area (Å²) in [5.74, 6) is 0.0979. The van der Waals surface area contributed by atoms with Gasteiger partial charge in [0.2, 0.25) is 5.91 Å². The Bertz CT molecular complexity index is 612. The minimum Gasteiger partial charge on any atom is -0.383 e. The molecule has 1 aromatic carbocycles. The van der Waals surface area contributed by atoms with Crippen LogP contribution in [0, 0.1) is 0 Å². The van der Waals surface area contributed by atoms with Gasteiger partial charge in [-0.05, 0) is 18.9 Å². The lowest BCUT2D eigenvalue weighted by Crippen LogP contribution is -2.37. The van der Waals surface area contributed by atoms with Crippen LogP contribution in [0.1, 0.15) is 12.1 Å². The Balaban J connectivity index is 1.70. The summed E-state index contributed by atoms with van der Waals surface area (Å²) >= 11 is 0. The van der Waals surface area contributed by atoms with Crippen LogP contribution in [0.25, 0.3) is 11.3 Å². The second-order valence-electron chi connectivity index (χ2n) is 5.73. The van der Waals surface area contributed by atoms with E-state index in [2.05, 4.69) is 21.6 Å². The van der Waals surface area contributed by atoms with Crippen molar-refractivity contribution in [2.45, 2.75) is 12.8 Å². The molecule has 1 heterocycles. The number of methoxy groups -OCH3 is 1. The van der Waals surface area contributed by atoms with E-state index in [1.165, 1.54) is 0 Å². The number of amides is 1. The van der Waals surface area contributed by atoms with Gasteiger partial charge in [-0.15, -0.1) is 0 Å². The highest BCUT2D eigenvalue weighted by Crippen LogP contribution is 2.17. The lowest BCUT2D eigenvalue weighted by atomic mass is 10.1. The maximum Gasteiger partial charge on any atom is 0.236 e. The summed E-state index contributed by atoms with van der Waals surface area (Å²) in [5, 5.41) is 10.5. The Kier molecular flexibility index (Phi) is 7.45. The van der Waals surface area contributed by atoms with E-state index in [4.69, 9.17) is 4.74 Å². The van der Waals surface area contributed by atoms with E-state index in [1.54, 1.807) is 12.0 Å². The topological polar surface area (TPSA) is 70.2 Å². The number of aromatic nitrogens is 2. The first-order chi connectivity index (χ1) is 11.7. The molecule has 1 aromatic heterocycles. The van der Waals surface area contributed by atoms with Gasteiger partial charge in [0.05, 0.1) is 18.8 Å². The van der Waals surface area contributed by atoms with Gasteiger partial charge >= 0.3 is 0 Å². The highest BCUT2D eigenvalue weighted by atomic mass is 16.5. The number of aromatic amines is 1. The SMILES string of the molecule is COCCNCC(=O)N(C)CCCc1cc(-c2ccccc2)n[nH]1. The third kappa shape index (κ3) is 5.79. The normalized spacial score (nSPS) is 10.8. The van der Waals surface area contributed by atoms with E-state index in [-0.39, 0.29) is 5.91 Å². The molecule has 0 aliphatic rings. The first-order valence-corrected chi connectivity index (χ1v) is 8.24. The third-order valence-electron chi connectivity index (χ3n) is 3.83. The number of carbonyl (C=O) groups is 1. The van der Waals surface area contributed by atoms with E-state index in [9.17, 15) is 4.79 Å². The zero-order valence-corrected chi connectivity index (χ0v) is 14.4. The maximum absolute atomic E-state index is 11.9. The Morgan fingerprint density at radius 2 is 2.12 bits per heavy atom. The highest BCUT2D eigenvalue weighted by molar-refractivity contribution is 5.77. The van der Waals surface area contributed by atoms with E-state index in [1.807, 2.05) is 37.4 Å².